The molecule has 33 heavy (non-hydrogen) atoms. The minimum absolute atomic E-state index is 0.0144. The molecule has 0 spiro atoms. The lowest BCUT2D eigenvalue weighted by molar-refractivity contribution is -0.140. The molecule has 0 aliphatic heterocycles. The van der Waals surface area contributed by atoms with Gasteiger partial charge in [0, 0.05) is 41.3 Å². The molecule has 1 aromatic carbocycles. The molecule has 0 radical (unpaired) electrons. The van der Waals surface area contributed by atoms with Gasteiger partial charge >= 0.3 is 6.18 Å². The third-order valence-corrected chi connectivity index (χ3v) is 6.28. The number of benzene rings is 1. The van der Waals surface area contributed by atoms with Gasteiger partial charge in [-0.25, -0.2) is 4.98 Å². The molecule has 2 heterocycles. The average Bonchev–Trinajstić information content (AvgIpc) is 3.16. The van der Waals surface area contributed by atoms with E-state index in [-0.39, 0.29) is 29.9 Å². The number of nitrogens with one attached hydrogen (secondary N) is 1. The zero-order valence-corrected chi connectivity index (χ0v) is 19.0. The molecule has 6 nitrogen and oxygen atoms in total. The Kier molecular flexibility index (Phi) is 6.52. The number of pyridine rings is 1. The van der Waals surface area contributed by atoms with Crippen LogP contribution in [0.1, 0.15) is 42.8 Å². The molecule has 1 aliphatic rings. The summed E-state index contributed by atoms with van der Waals surface area (Å²) in [7, 11) is 1.80. The predicted molar refractivity (Wildman–Crippen MR) is 119 cm³/mol. The molecule has 1 N–H and O–H groups in total. The van der Waals surface area contributed by atoms with Crippen LogP contribution < -0.4 is 10.2 Å². The van der Waals surface area contributed by atoms with Crippen LogP contribution in [0, 0.1) is 6.92 Å². The molecule has 10 heteroatoms. The standard InChI is InChI=1S/C23H24ClF3N4O2/c1-13-9-17(33-30-13)11-22(32)28-15-4-6-16(7-5-15)31(2)20-12-21(23(25,26)27)29-19-8-3-14(24)10-18(19)20/h3,8-10,12,15-16H,4-7,11H2,1-2H3,(H,28,32)/t15-,16+. The number of alkyl halides is 3. The smallest absolute Gasteiger partial charge is 0.371 e. The first-order valence-electron chi connectivity index (χ1n) is 10.7. The highest BCUT2D eigenvalue weighted by Gasteiger charge is 2.34. The van der Waals surface area contributed by atoms with E-state index in [4.69, 9.17) is 16.1 Å². The van der Waals surface area contributed by atoms with Gasteiger partial charge in [-0.05, 0) is 56.9 Å². The van der Waals surface area contributed by atoms with E-state index in [9.17, 15) is 18.0 Å². The number of amides is 1. The lowest BCUT2D eigenvalue weighted by Crippen LogP contribution is -2.43. The molecule has 1 amide bonds. The number of hydrogen-bond acceptors (Lipinski definition) is 5. The van der Waals surface area contributed by atoms with Crippen molar-refractivity contribution in [2.24, 2.45) is 0 Å². The Balaban J connectivity index is 1.45. The van der Waals surface area contributed by atoms with E-state index in [0.717, 1.165) is 37.4 Å². The Bertz CT molecular complexity index is 1160. The molecule has 1 saturated carbocycles. The van der Waals surface area contributed by atoms with Crippen molar-refractivity contribution in [2.45, 2.75) is 57.3 Å². The van der Waals surface area contributed by atoms with E-state index >= 15 is 0 Å². The van der Waals surface area contributed by atoms with E-state index in [2.05, 4.69) is 15.5 Å². The topological polar surface area (TPSA) is 71.3 Å². The highest BCUT2D eigenvalue weighted by Crippen LogP contribution is 2.37. The third kappa shape index (κ3) is 5.40. The molecule has 1 aliphatic carbocycles. The first-order valence-corrected chi connectivity index (χ1v) is 11.1. The first-order chi connectivity index (χ1) is 15.6. The maximum atomic E-state index is 13.5. The Morgan fingerprint density at radius 1 is 1.21 bits per heavy atom. The third-order valence-electron chi connectivity index (χ3n) is 6.04. The minimum atomic E-state index is -4.55. The number of nitrogens with zero attached hydrogens (tertiary/aromatic N) is 3. The van der Waals surface area contributed by atoms with Crippen molar-refractivity contribution in [3.63, 3.8) is 0 Å². The number of hydrogen-bond donors (Lipinski definition) is 1. The van der Waals surface area contributed by atoms with Crippen molar-refractivity contribution in [1.82, 2.24) is 15.5 Å². The summed E-state index contributed by atoms with van der Waals surface area (Å²) in [6.07, 6.45) is -1.50. The normalized spacial score (nSPS) is 19.0. The second kappa shape index (κ2) is 9.21. The van der Waals surface area contributed by atoms with Crippen LogP contribution in [-0.4, -0.2) is 35.2 Å². The maximum Gasteiger partial charge on any atom is 0.433 e. The number of anilines is 1. The lowest BCUT2D eigenvalue weighted by atomic mass is 9.89. The second-order valence-electron chi connectivity index (χ2n) is 8.48. The molecule has 4 rings (SSSR count). The summed E-state index contributed by atoms with van der Waals surface area (Å²) in [6, 6.07) is 7.55. The zero-order valence-electron chi connectivity index (χ0n) is 18.2. The Morgan fingerprint density at radius 2 is 1.94 bits per heavy atom. The molecular formula is C23H24ClF3N4O2. The summed E-state index contributed by atoms with van der Waals surface area (Å²) in [6.45, 7) is 1.79. The monoisotopic (exact) mass is 480 g/mol. The molecule has 0 saturated heterocycles. The van der Waals surface area contributed by atoms with Crippen molar-refractivity contribution in [3.8, 4) is 0 Å². The van der Waals surface area contributed by atoms with Crippen molar-refractivity contribution < 1.29 is 22.5 Å². The van der Waals surface area contributed by atoms with Gasteiger partial charge in [-0.2, -0.15) is 13.2 Å². The van der Waals surface area contributed by atoms with Crippen molar-refractivity contribution in [3.05, 3.63) is 52.5 Å². The number of fused-ring (bicyclic) bond motifs is 1. The van der Waals surface area contributed by atoms with Crippen LogP contribution in [0.15, 0.2) is 34.9 Å². The number of aryl methyl sites for hydroxylation is 1. The fourth-order valence-corrected chi connectivity index (χ4v) is 4.53. The fourth-order valence-electron chi connectivity index (χ4n) is 4.36. The van der Waals surface area contributed by atoms with Gasteiger partial charge < -0.3 is 14.7 Å². The van der Waals surface area contributed by atoms with Gasteiger partial charge in [0.15, 0.2) is 0 Å². The molecular weight excluding hydrogens is 457 g/mol. The van der Waals surface area contributed by atoms with Crippen LogP contribution in [0.2, 0.25) is 5.02 Å². The van der Waals surface area contributed by atoms with E-state index in [1.807, 2.05) is 4.90 Å². The van der Waals surface area contributed by atoms with Gasteiger partial charge in [0.2, 0.25) is 5.91 Å². The number of rotatable bonds is 5. The van der Waals surface area contributed by atoms with Crippen LogP contribution in [0.5, 0.6) is 0 Å². The van der Waals surface area contributed by atoms with Crippen LogP contribution in [0.4, 0.5) is 18.9 Å². The van der Waals surface area contributed by atoms with Crippen LogP contribution in [-0.2, 0) is 17.4 Å². The van der Waals surface area contributed by atoms with Crippen LogP contribution in [0.25, 0.3) is 10.9 Å². The average molecular weight is 481 g/mol. The minimum Gasteiger partial charge on any atom is -0.371 e. The zero-order chi connectivity index (χ0) is 23.8. The Labute approximate surface area is 194 Å². The van der Waals surface area contributed by atoms with Crippen molar-refractivity contribution in [1.29, 1.82) is 0 Å². The van der Waals surface area contributed by atoms with E-state index in [0.29, 0.717) is 21.9 Å². The van der Waals surface area contributed by atoms with Crippen molar-refractivity contribution >= 4 is 34.1 Å². The van der Waals surface area contributed by atoms with Gasteiger partial charge in [0.1, 0.15) is 11.5 Å². The number of carbonyl (C=O) groups is 1. The van der Waals surface area contributed by atoms with E-state index in [1.54, 1.807) is 26.1 Å². The van der Waals surface area contributed by atoms with Crippen molar-refractivity contribution in [2.75, 3.05) is 11.9 Å². The second-order valence-corrected chi connectivity index (χ2v) is 8.92. The molecule has 1 fully saturated rings. The molecule has 2 aromatic heterocycles. The summed E-state index contributed by atoms with van der Waals surface area (Å²) in [5.41, 5.74) is 0.491. The summed E-state index contributed by atoms with van der Waals surface area (Å²) in [5.74, 6) is 0.384. The summed E-state index contributed by atoms with van der Waals surface area (Å²) >= 11 is 6.12. The molecule has 176 valence electrons. The van der Waals surface area contributed by atoms with Gasteiger partial charge in [-0.15, -0.1) is 0 Å². The number of aromatic nitrogens is 2. The van der Waals surface area contributed by atoms with Gasteiger partial charge in [-0.1, -0.05) is 16.8 Å². The molecule has 0 unspecified atom stereocenters. The summed E-state index contributed by atoms with van der Waals surface area (Å²) < 4.78 is 45.4. The maximum absolute atomic E-state index is 13.5. The van der Waals surface area contributed by atoms with E-state index < -0.39 is 11.9 Å². The first kappa shape index (κ1) is 23.4. The number of halogens is 4. The SMILES string of the molecule is Cc1cc(CC(=O)N[C@H]2CC[C@@H](N(C)c3cc(C(F)(F)F)nc4ccc(Cl)cc34)CC2)on1. The molecule has 0 atom stereocenters. The highest BCUT2D eigenvalue weighted by molar-refractivity contribution is 6.31. The van der Waals surface area contributed by atoms with Gasteiger partial charge in [0.05, 0.1) is 17.6 Å². The highest BCUT2D eigenvalue weighted by atomic mass is 35.5. The summed E-state index contributed by atoms with van der Waals surface area (Å²) in [5, 5.41) is 7.82. The predicted octanol–water partition coefficient (Wildman–Crippen LogP) is 5.31. The summed E-state index contributed by atoms with van der Waals surface area (Å²) in [4.78, 5) is 18.0. The van der Waals surface area contributed by atoms with Crippen LogP contribution in [0.3, 0.4) is 0 Å². The van der Waals surface area contributed by atoms with E-state index in [1.165, 1.54) is 12.1 Å². The fraction of sp³-hybridized carbons (Fsp3) is 0.435. The quantitative estimate of drug-likeness (QED) is 0.536. The van der Waals surface area contributed by atoms with Gasteiger partial charge in [0.25, 0.3) is 0 Å². The lowest BCUT2D eigenvalue weighted by Gasteiger charge is -2.37. The number of carbonyl (C=O) groups excluding carboxylic acids is 1. The molecule has 3 aromatic rings. The van der Waals surface area contributed by atoms with Crippen LogP contribution >= 0.6 is 11.6 Å². The Morgan fingerprint density at radius 3 is 2.58 bits per heavy atom. The van der Waals surface area contributed by atoms with Gasteiger partial charge in [-0.3, -0.25) is 4.79 Å². The molecule has 0 bridgehead atoms. The Hall–Kier alpha value is -2.81. The largest absolute Gasteiger partial charge is 0.433 e.